The number of fused-ring (bicyclic) bond motifs is 1. The number of benzene rings is 3. The third kappa shape index (κ3) is 3.87. The second-order valence-corrected chi connectivity index (χ2v) is 7.06. The third-order valence-electron chi connectivity index (χ3n) is 3.64. The number of anilines is 1. The van der Waals surface area contributed by atoms with Gasteiger partial charge in [0, 0.05) is 11.5 Å². The van der Waals surface area contributed by atoms with E-state index in [1.807, 2.05) is 30.3 Å². The van der Waals surface area contributed by atoms with Crippen LogP contribution in [0.25, 0.3) is 16.8 Å². The summed E-state index contributed by atoms with van der Waals surface area (Å²) in [6, 6.07) is 18.9. The Kier molecular flexibility index (Phi) is 4.54. The molecule has 0 fully saturated rings. The zero-order valence-electron chi connectivity index (χ0n) is 13.1. The van der Waals surface area contributed by atoms with Gasteiger partial charge in [-0.25, -0.2) is 13.2 Å². The molecule has 3 rings (SSSR count). The predicted octanol–water partition coefficient (Wildman–Crippen LogP) is 3.74. The highest BCUT2D eigenvalue weighted by atomic mass is 32.2. The van der Waals surface area contributed by atoms with Crippen molar-refractivity contribution in [1.29, 1.82) is 0 Å². The molecule has 0 aliphatic carbocycles. The number of carboxylic acids is 1. The number of carboxylic acid groups (broad SMARTS) is 1. The molecule has 3 aromatic carbocycles. The maximum Gasteiger partial charge on any atom is 0.328 e. The van der Waals surface area contributed by atoms with Gasteiger partial charge in [0.15, 0.2) is 0 Å². The monoisotopic (exact) mass is 353 g/mol. The molecule has 0 heterocycles. The minimum absolute atomic E-state index is 0.105. The molecule has 0 spiro atoms. The highest BCUT2D eigenvalue weighted by Gasteiger charge is 2.15. The first kappa shape index (κ1) is 16.7. The highest BCUT2D eigenvalue weighted by molar-refractivity contribution is 7.92. The van der Waals surface area contributed by atoms with E-state index in [1.54, 1.807) is 24.3 Å². The van der Waals surface area contributed by atoms with Crippen LogP contribution in [-0.4, -0.2) is 19.5 Å². The molecule has 0 radical (unpaired) electrons. The summed E-state index contributed by atoms with van der Waals surface area (Å²) in [5, 5.41) is 10.4. The lowest BCUT2D eigenvalue weighted by molar-refractivity contribution is -0.131. The molecule has 0 saturated carbocycles. The van der Waals surface area contributed by atoms with Gasteiger partial charge in [-0.05, 0) is 35.2 Å². The van der Waals surface area contributed by atoms with E-state index in [0.717, 1.165) is 16.8 Å². The molecule has 6 heteroatoms. The van der Waals surface area contributed by atoms with Crippen molar-refractivity contribution < 1.29 is 18.3 Å². The van der Waals surface area contributed by atoms with Gasteiger partial charge < -0.3 is 5.11 Å². The van der Waals surface area contributed by atoms with Crippen LogP contribution in [0.4, 0.5) is 5.69 Å². The average Bonchev–Trinajstić information content (AvgIpc) is 2.60. The van der Waals surface area contributed by atoms with Crippen molar-refractivity contribution in [1.82, 2.24) is 0 Å². The number of rotatable bonds is 5. The summed E-state index contributed by atoms with van der Waals surface area (Å²) in [5.41, 5.74) is 1.11. The van der Waals surface area contributed by atoms with E-state index in [4.69, 9.17) is 5.11 Å². The van der Waals surface area contributed by atoms with Crippen LogP contribution in [0.5, 0.6) is 0 Å². The Balaban J connectivity index is 1.90. The summed E-state index contributed by atoms with van der Waals surface area (Å²) in [6.07, 6.45) is 2.40. The summed E-state index contributed by atoms with van der Waals surface area (Å²) in [5.74, 6) is -1.06. The van der Waals surface area contributed by atoms with Crippen LogP contribution < -0.4 is 4.72 Å². The van der Waals surface area contributed by atoms with Crippen LogP contribution in [0.1, 0.15) is 5.56 Å². The summed E-state index contributed by atoms with van der Waals surface area (Å²) in [6.45, 7) is 0. The van der Waals surface area contributed by atoms with Gasteiger partial charge >= 0.3 is 5.97 Å². The van der Waals surface area contributed by atoms with Gasteiger partial charge in [-0.2, -0.15) is 0 Å². The van der Waals surface area contributed by atoms with Crippen molar-refractivity contribution in [2.24, 2.45) is 0 Å². The van der Waals surface area contributed by atoms with Gasteiger partial charge in [-0.3, -0.25) is 4.72 Å². The number of hydrogen-bond donors (Lipinski definition) is 2. The third-order valence-corrected chi connectivity index (χ3v) is 5.02. The topological polar surface area (TPSA) is 83.5 Å². The Morgan fingerprint density at radius 2 is 1.60 bits per heavy atom. The highest BCUT2D eigenvalue weighted by Crippen LogP contribution is 2.25. The summed E-state index contributed by atoms with van der Waals surface area (Å²) in [7, 11) is -3.74. The van der Waals surface area contributed by atoms with Gasteiger partial charge in [-0.15, -0.1) is 0 Å². The molecule has 0 amide bonds. The SMILES string of the molecule is O=C(O)C=Cc1ccc(S(=O)(=O)Nc2cccc3ccccc23)cc1. The van der Waals surface area contributed by atoms with Gasteiger partial charge in [0.25, 0.3) is 10.0 Å². The average molecular weight is 353 g/mol. The minimum Gasteiger partial charge on any atom is -0.478 e. The van der Waals surface area contributed by atoms with Crippen molar-refractivity contribution in [3.05, 3.63) is 78.4 Å². The molecule has 0 saturated heterocycles. The minimum atomic E-state index is -3.74. The molecule has 0 aromatic heterocycles. The molecule has 25 heavy (non-hydrogen) atoms. The van der Waals surface area contributed by atoms with Crippen molar-refractivity contribution in [3.8, 4) is 0 Å². The maximum absolute atomic E-state index is 12.6. The summed E-state index contributed by atoms with van der Waals surface area (Å²) < 4.78 is 27.8. The van der Waals surface area contributed by atoms with Crippen LogP contribution in [0.3, 0.4) is 0 Å². The van der Waals surface area contributed by atoms with E-state index in [0.29, 0.717) is 11.3 Å². The molecule has 0 unspecified atom stereocenters. The molecular formula is C19H15NO4S. The Morgan fingerprint density at radius 3 is 2.32 bits per heavy atom. The van der Waals surface area contributed by atoms with E-state index in [2.05, 4.69) is 4.72 Å². The second-order valence-electron chi connectivity index (χ2n) is 5.37. The Labute approximate surface area is 145 Å². The zero-order chi connectivity index (χ0) is 17.9. The molecule has 0 bridgehead atoms. The molecule has 2 N–H and O–H groups in total. The van der Waals surface area contributed by atoms with Crippen molar-refractivity contribution in [3.63, 3.8) is 0 Å². The van der Waals surface area contributed by atoms with Gasteiger partial charge in [0.1, 0.15) is 0 Å². The molecule has 5 nitrogen and oxygen atoms in total. The summed E-state index contributed by atoms with van der Waals surface area (Å²) in [4.78, 5) is 10.6. The fourth-order valence-electron chi connectivity index (χ4n) is 2.44. The van der Waals surface area contributed by atoms with Crippen LogP contribution in [0, 0.1) is 0 Å². The predicted molar refractivity (Wildman–Crippen MR) is 97.9 cm³/mol. The van der Waals surface area contributed by atoms with Crippen LogP contribution in [0.15, 0.2) is 77.7 Å². The normalized spacial score (nSPS) is 11.7. The van der Waals surface area contributed by atoms with Gasteiger partial charge in [0.2, 0.25) is 0 Å². The van der Waals surface area contributed by atoms with Crippen LogP contribution in [0.2, 0.25) is 0 Å². The van der Waals surface area contributed by atoms with Crippen molar-refractivity contribution in [2.45, 2.75) is 4.90 Å². The summed E-state index contributed by atoms with van der Waals surface area (Å²) >= 11 is 0. The molecule has 126 valence electrons. The lowest BCUT2D eigenvalue weighted by Gasteiger charge is -2.11. The van der Waals surface area contributed by atoms with Crippen LogP contribution in [-0.2, 0) is 14.8 Å². The first-order chi connectivity index (χ1) is 12.0. The molecule has 0 atom stereocenters. The number of aliphatic carboxylic acids is 1. The number of carbonyl (C=O) groups is 1. The fraction of sp³-hybridized carbons (Fsp3) is 0. The first-order valence-electron chi connectivity index (χ1n) is 7.47. The van der Waals surface area contributed by atoms with E-state index >= 15 is 0 Å². The van der Waals surface area contributed by atoms with Gasteiger partial charge in [-0.1, -0.05) is 48.5 Å². The Morgan fingerprint density at radius 1 is 0.920 bits per heavy atom. The van der Waals surface area contributed by atoms with E-state index in [1.165, 1.54) is 18.2 Å². The number of nitrogens with one attached hydrogen (secondary N) is 1. The van der Waals surface area contributed by atoms with Crippen molar-refractivity contribution >= 4 is 38.5 Å². The van der Waals surface area contributed by atoms with Crippen LogP contribution >= 0.6 is 0 Å². The zero-order valence-corrected chi connectivity index (χ0v) is 13.9. The Hall–Kier alpha value is -3.12. The quantitative estimate of drug-likeness (QED) is 0.685. The Bertz CT molecular complexity index is 1050. The molecule has 0 aliphatic heterocycles. The second kappa shape index (κ2) is 6.78. The van der Waals surface area contributed by atoms with E-state index < -0.39 is 16.0 Å². The van der Waals surface area contributed by atoms with E-state index in [9.17, 15) is 13.2 Å². The molecular weight excluding hydrogens is 338 g/mol. The lowest BCUT2D eigenvalue weighted by Crippen LogP contribution is -2.13. The lowest BCUT2D eigenvalue weighted by atomic mass is 10.1. The molecule has 3 aromatic rings. The fourth-order valence-corrected chi connectivity index (χ4v) is 3.52. The number of hydrogen-bond acceptors (Lipinski definition) is 3. The first-order valence-corrected chi connectivity index (χ1v) is 8.96. The van der Waals surface area contributed by atoms with Gasteiger partial charge in [0.05, 0.1) is 10.6 Å². The molecule has 0 aliphatic rings. The smallest absolute Gasteiger partial charge is 0.328 e. The number of sulfonamides is 1. The van der Waals surface area contributed by atoms with E-state index in [-0.39, 0.29) is 4.90 Å². The largest absolute Gasteiger partial charge is 0.478 e. The van der Waals surface area contributed by atoms with Crippen molar-refractivity contribution in [2.75, 3.05) is 4.72 Å². The standard InChI is InChI=1S/C19H15NO4S/c21-19(22)13-10-14-8-11-16(12-9-14)25(23,24)20-18-7-3-5-15-4-1-2-6-17(15)18/h1-13,20H,(H,21,22). The maximum atomic E-state index is 12.6.